The van der Waals surface area contributed by atoms with Crippen LogP contribution >= 0.6 is 0 Å². The van der Waals surface area contributed by atoms with E-state index in [2.05, 4.69) is 34.1 Å². The van der Waals surface area contributed by atoms with E-state index in [0.717, 1.165) is 37.4 Å². The number of piperidine rings is 1. The average molecular weight is 252 g/mol. The third-order valence-electron chi connectivity index (χ3n) is 4.33. The summed E-state index contributed by atoms with van der Waals surface area (Å²) >= 11 is 0. The topological polar surface area (TPSA) is 30.9 Å². The van der Waals surface area contributed by atoms with Gasteiger partial charge in [-0.05, 0) is 44.7 Å². The van der Waals surface area contributed by atoms with Crippen molar-refractivity contribution in [1.82, 2.24) is 15.1 Å². The van der Waals surface area contributed by atoms with E-state index in [9.17, 15) is 0 Å². The summed E-state index contributed by atoms with van der Waals surface area (Å²) in [5, 5.41) is 3.57. The van der Waals surface area contributed by atoms with Crippen molar-refractivity contribution in [1.29, 1.82) is 0 Å². The van der Waals surface area contributed by atoms with Crippen molar-refractivity contribution in [2.45, 2.75) is 26.2 Å². The van der Waals surface area contributed by atoms with Gasteiger partial charge in [-0.2, -0.15) is 0 Å². The van der Waals surface area contributed by atoms with Gasteiger partial charge in [0.05, 0.1) is 0 Å². The van der Waals surface area contributed by atoms with Gasteiger partial charge in [-0.25, -0.2) is 0 Å². The highest BCUT2D eigenvalue weighted by Gasteiger charge is 2.22. The lowest BCUT2D eigenvalue weighted by Gasteiger charge is -2.33. The molecular formula is C14H28N4. The van der Waals surface area contributed by atoms with E-state index in [-0.39, 0.29) is 0 Å². The first-order valence-corrected chi connectivity index (χ1v) is 7.33. The van der Waals surface area contributed by atoms with Crippen LogP contribution in [-0.2, 0) is 0 Å². The monoisotopic (exact) mass is 252 g/mol. The predicted molar refractivity (Wildman–Crippen MR) is 76.9 cm³/mol. The van der Waals surface area contributed by atoms with Gasteiger partial charge in [0.15, 0.2) is 5.96 Å². The Balaban J connectivity index is 1.75. The second kappa shape index (κ2) is 6.41. The zero-order valence-corrected chi connectivity index (χ0v) is 12.2. The van der Waals surface area contributed by atoms with E-state index in [4.69, 9.17) is 0 Å². The molecule has 0 bridgehead atoms. The van der Waals surface area contributed by atoms with Crippen LogP contribution in [0.1, 0.15) is 26.2 Å². The van der Waals surface area contributed by atoms with Crippen LogP contribution in [0.25, 0.3) is 0 Å². The summed E-state index contributed by atoms with van der Waals surface area (Å²) in [5.41, 5.74) is 0. The molecule has 18 heavy (non-hydrogen) atoms. The van der Waals surface area contributed by atoms with E-state index in [1.54, 1.807) is 0 Å². The fourth-order valence-corrected chi connectivity index (χ4v) is 2.98. The maximum Gasteiger partial charge on any atom is 0.193 e. The van der Waals surface area contributed by atoms with Crippen molar-refractivity contribution >= 4 is 5.96 Å². The van der Waals surface area contributed by atoms with Crippen molar-refractivity contribution in [3.05, 3.63) is 0 Å². The van der Waals surface area contributed by atoms with Gasteiger partial charge < -0.3 is 15.1 Å². The first-order valence-electron chi connectivity index (χ1n) is 7.33. The van der Waals surface area contributed by atoms with Gasteiger partial charge in [-0.3, -0.25) is 4.99 Å². The molecule has 2 aliphatic heterocycles. The van der Waals surface area contributed by atoms with Crippen LogP contribution < -0.4 is 5.32 Å². The first-order chi connectivity index (χ1) is 8.69. The summed E-state index contributed by atoms with van der Waals surface area (Å²) in [5.74, 6) is 2.77. The minimum absolute atomic E-state index is 0.787. The molecular weight excluding hydrogens is 224 g/mol. The Hall–Kier alpha value is -0.770. The maximum absolute atomic E-state index is 4.43. The van der Waals surface area contributed by atoms with Gasteiger partial charge in [0.1, 0.15) is 0 Å². The number of guanidine groups is 1. The molecule has 1 atom stereocenters. The zero-order valence-electron chi connectivity index (χ0n) is 12.2. The number of hydrogen-bond acceptors (Lipinski definition) is 2. The van der Waals surface area contributed by atoms with Crippen LogP contribution in [0.2, 0.25) is 0 Å². The normalized spacial score (nSPS) is 27.8. The Morgan fingerprint density at radius 2 is 1.94 bits per heavy atom. The van der Waals surface area contributed by atoms with Crippen molar-refractivity contribution in [3.8, 4) is 0 Å². The molecule has 0 radical (unpaired) electrons. The Morgan fingerprint density at radius 1 is 1.22 bits per heavy atom. The lowest BCUT2D eigenvalue weighted by atomic mass is 9.99. The first kappa shape index (κ1) is 13.7. The zero-order chi connectivity index (χ0) is 13.0. The van der Waals surface area contributed by atoms with Gasteiger partial charge >= 0.3 is 0 Å². The molecule has 1 N–H and O–H groups in total. The smallest absolute Gasteiger partial charge is 0.193 e. The van der Waals surface area contributed by atoms with Crippen LogP contribution in [0.4, 0.5) is 0 Å². The second-order valence-corrected chi connectivity index (χ2v) is 6.01. The van der Waals surface area contributed by atoms with Gasteiger partial charge in [-0.1, -0.05) is 6.92 Å². The summed E-state index contributed by atoms with van der Waals surface area (Å²) in [6.07, 6.45) is 3.91. The molecule has 0 aromatic rings. The number of nitrogens with zero attached hydrogens (tertiary/aromatic N) is 3. The third-order valence-corrected chi connectivity index (χ3v) is 4.33. The van der Waals surface area contributed by atoms with Crippen molar-refractivity contribution in [2.75, 3.05) is 46.8 Å². The summed E-state index contributed by atoms with van der Waals surface area (Å²) in [4.78, 5) is 9.26. The van der Waals surface area contributed by atoms with Crippen molar-refractivity contribution in [2.24, 2.45) is 16.8 Å². The minimum Gasteiger partial charge on any atom is -0.356 e. The Bertz CT molecular complexity index is 282. The second-order valence-electron chi connectivity index (χ2n) is 6.01. The van der Waals surface area contributed by atoms with E-state index in [0.29, 0.717) is 0 Å². The van der Waals surface area contributed by atoms with Gasteiger partial charge in [0, 0.05) is 33.2 Å². The summed E-state index contributed by atoms with van der Waals surface area (Å²) in [7, 11) is 4.11. The van der Waals surface area contributed by atoms with E-state index in [1.165, 1.54) is 32.4 Å². The van der Waals surface area contributed by atoms with Crippen molar-refractivity contribution in [3.63, 3.8) is 0 Å². The van der Waals surface area contributed by atoms with Crippen LogP contribution in [0.5, 0.6) is 0 Å². The Morgan fingerprint density at radius 3 is 2.50 bits per heavy atom. The molecule has 4 heteroatoms. The molecule has 2 heterocycles. The lowest BCUT2D eigenvalue weighted by Crippen LogP contribution is -2.46. The molecule has 0 aromatic carbocycles. The third kappa shape index (κ3) is 3.61. The Kier molecular flexibility index (Phi) is 4.87. The number of rotatable bonds is 2. The fraction of sp³-hybridized carbons (Fsp3) is 0.929. The van der Waals surface area contributed by atoms with Gasteiger partial charge in [0.25, 0.3) is 0 Å². The van der Waals surface area contributed by atoms with Crippen LogP contribution in [0.3, 0.4) is 0 Å². The molecule has 2 saturated heterocycles. The minimum atomic E-state index is 0.787. The van der Waals surface area contributed by atoms with E-state index < -0.39 is 0 Å². The predicted octanol–water partition coefficient (Wildman–Crippen LogP) is 1.25. The lowest BCUT2D eigenvalue weighted by molar-refractivity contribution is 0.272. The van der Waals surface area contributed by atoms with Crippen molar-refractivity contribution < 1.29 is 0 Å². The molecule has 104 valence electrons. The molecule has 0 spiro atoms. The average Bonchev–Trinajstić information content (AvgIpc) is 2.78. The summed E-state index contributed by atoms with van der Waals surface area (Å²) < 4.78 is 0. The SMILES string of the molecule is CN=C(NCC1CCN(C)C1)N1CCC(C)CC1. The molecule has 2 fully saturated rings. The van der Waals surface area contributed by atoms with Crippen LogP contribution in [0.15, 0.2) is 4.99 Å². The highest BCUT2D eigenvalue weighted by molar-refractivity contribution is 5.79. The van der Waals surface area contributed by atoms with Crippen LogP contribution in [0, 0.1) is 11.8 Å². The summed E-state index contributed by atoms with van der Waals surface area (Å²) in [6, 6.07) is 0. The molecule has 0 saturated carbocycles. The van der Waals surface area contributed by atoms with Gasteiger partial charge in [0.2, 0.25) is 0 Å². The van der Waals surface area contributed by atoms with Crippen LogP contribution in [-0.4, -0.2) is 62.6 Å². The Labute approximate surface area is 111 Å². The quantitative estimate of drug-likeness (QED) is 0.593. The molecule has 0 aromatic heterocycles. The summed E-state index contributed by atoms with van der Waals surface area (Å²) in [6.45, 7) is 8.20. The highest BCUT2D eigenvalue weighted by atomic mass is 15.3. The molecule has 2 aliphatic rings. The van der Waals surface area contributed by atoms with E-state index in [1.807, 2.05) is 7.05 Å². The largest absolute Gasteiger partial charge is 0.356 e. The van der Waals surface area contributed by atoms with E-state index >= 15 is 0 Å². The number of likely N-dealkylation sites (tertiary alicyclic amines) is 2. The molecule has 1 unspecified atom stereocenters. The number of aliphatic imine (C=N–C) groups is 1. The molecule has 2 rings (SSSR count). The number of hydrogen-bond donors (Lipinski definition) is 1. The fourth-order valence-electron chi connectivity index (χ4n) is 2.98. The maximum atomic E-state index is 4.43. The standard InChI is InChI=1S/C14H28N4/c1-12-4-8-18(9-5-12)14(15-2)16-10-13-6-7-17(3)11-13/h12-13H,4-11H2,1-3H3,(H,15,16). The molecule has 0 amide bonds. The number of nitrogens with one attached hydrogen (secondary N) is 1. The molecule has 0 aliphatic carbocycles. The highest BCUT2D eigenvalue weighted by Crippen LogP contribution is 2.16. The molecule has 4 nitrogen and oxygen atoms in total. The van der Waals surface area contributed by atoms with Gasteiger partial charge in [-0.15, -0.1) is 0 Å².